The first-order valence-corrected chi connectivity index (χ1v) is 11.7. The van der Waals surface area contributed by atoms with E-state index in [1.165, 1.54) is 37.4 Å². The Balaban J connectivity index is 1.77. The lowest BCUT2D eigenvalue weighted by Gasteiger charge is -2.23. The molecule has 166 valence electrons. The first kappa shape index (κ1) is 22.8. The highest BCUT2D eigenvalue weighted by molar-refractivity contribution is 7.90. The maximum absolute atomic E-state index is 12.8. The van der Waals surface area contributed by atoms with Crippen LogP contribution in [-0.2, 0) is 10.0 Å². The number of ether oxygens (including phenoxy) is 1. The van der Waals surface area contributed by atoms with Crippen LogP contribution in [0.2, 0.25) is 0 Å². The minimum Gasteiger partial charge on any atom is -0.496 e. The number of methoxy groups -OCH3 is 1. The molecule has 9 heteroatoms. The number of benzene rings is 2. The Labute approximate surface area is 182 Å². The topological polar surface area (TPSA) is 105 Å². The van der Waals surface area contributed by atoms with Gasteiger partial charge in [0.25, 0.3) is 21.8 Å². The Morgan fingerprint density at radius 3 is 2.55 bits per heavy atom. The van der Waals surface area contributed by atoms with Crippen molar-refractivity contribution in [1.29, 1.82) is 0 Å². The van der Waals surface area contributed by atoms with Gasteiger partial charge in [-0.15, -0.1) is 0 Å². The van der Waals surface area contributed by atoms with Crippen LogP contribution >= 0.6 is 0 Å². The third-order valence-corrected chi connectivity index (χ3v) is 6.72. The Kier molecular flexibility index (Phi) is 7.29. The highest BCUT2D eigenvalue weighted by Crippen LogP contribution is 2.23. The molecular weight excluding hydrogens is 418 g/mol. The molecule has 0 saturated carbocycles. The molecule has 2 aromatic rings. The number of carbonyl (C=O) groups excluding carboxylic acids is 2. The van der Waals surface area contributed by atoms with Crippen molar-refractivity contribution in [1.82, 2.24) is 14.9 Å². The van der Waals surface area contributed by atoms with Gasteiger partial charge in [-0.05, 0) is 56.3 Å². The molecular formula is C22H27N3O5S. The van der Waals surface area contributed by atoms with Crippen molar-refractivity contribution in [3.63, 3.8) is 0 Å². The van der Waals surface area contributed by atoms with E-state index in [-0.39, 0.29) is 27.8 Å². The number of hydrogen-bond acceptors (Lipinski definition) is 6. The molecule has 0 bridgehead atoms. The van der Waals surface area contributed by atoms with Crippen LogP contribution in [0.5, 0.6) is 5.75 Å². The van der Waals surface area contributed by atoms with Crippen molar-refractivity contribution >= 4 is 21.8 Å². The minimum atomic E-state index is -4.18. The summed E-state index contributed by atoms with van der Waals surface area (Å²) in [6, 6.07) is 12.2. The van der Waals surface area contributed by atoms with Crippen molar-refractivity contribution in [3.05, 3.63) is 59.7 Å². The van der Waals surface area contributed by atoms with Gasteiger partial charge in [0, 0.05) is 18.2 Å². The van der Waals surface area contributed by atoms with Gasteiger partial charge in [0.15, 0.2) is 0 Å². The SMILES string of the molecule is CCN1CCCC1CNC(=O)c1cc(S(=O)(=O)NC(=O)c2ccccc2)ccc1OC. The van der Waals surface area contributed by atoms with Crippen molar-refractivity contribution in [2.75, 3.05) is 26.7 Å². The molecule has 0 spiro atoms. The molecule has 2 aromatic carbocycles. The molecule has 1 unspecified atom stereocenters. The molecule has 1 fully saturated rings. The van der Waals surface area contributed by atoms with Gasteiger partial charge in [-0.2, -0.15) is 0 Å². The Morgan fingerprint density at radius 1 is 1.13 bits per heavy atom. The van der Waals surface area contributed by atoms with E-state index in [2.05, 4.69) is 17.1 Å². The molecule has 1 aliphatic heterocycles. The molecule has 1 heterocycles. The summed E-state index contributed by atoms with van der Waals surface area (Å²) in [6.07, 6.45) is 2.09. The van der Waals surface area contributed by atoms with E-state index in [1.54, 1.807) is 18.2 Å². The fourth-order valence-electron chi connectivity index (χ4n) is 3.71. The summed E-state index contributed by atoms with van der Waals surface area (Å²) in [6.45, 7) is 4.48. The molecule has 2 N–H and O–H groups in total. The average molecular weight is 446 g/mol. The number of likely N-dealkylation sites (tertiary alicyclic amines) is 1. The summed E-state index contributed by atoms with van der Waals surface area (Å²) in [4.78, 5) is 27.2. The van der Waals surface area contributed by atoms with E-state index in [4.69, 9.17) is 4.74 Å². The first-order valence-electron chi connectivity index (χ1n) is 10.2. The van der Waals surface area contributed by atoms with Gasteiger partial charge in [-0.1, -0.05) is 25.1 Å². The monoisotopic (exact) mass is 445 g/mol. The largest absolute Gasteiger partial charge is 0.496 e. The van der Waals surface area contributed by atoms with E-state index in [0.29, 0.717) is 6.54 Å². The van der Waals surface area contributed by atoms with Crippen molar-refractivity contribution in [2.24, 2.45) is 0 Å². The van der Waals surface area contributed by atoms with Crippen LogP contribution in [0.25, 0.3) is 0 Å². The number of carbonyl (C=O) groups is 2. The van der Waals surface area contributed by atoms with Crippen LogP contribution < -0.4 is 14.8 Å². The third kappa shape index (κ3) is 5.42. The van der Waals surface area contributed by atoms with Crippen molar-refractivity contribution in [3.8, 4) is 5.75 Å². The lowest BCUT2D eigenvalue weighted by Crippen LogP contribution is -2.40. The molecule has 3 rings (SSSR count). The van der Waals surface area contributed by atoms with E-state index < -0.39 is 21.8 Å². The van der Waals surface area contributed by atoms with Gasteiger partial charge < -0.3 is 10.1 Å². The molecule has 1 aliphatic rings. The van der Waals surface area contributed by atoms with Gasteiger partial charge >= 0.3 is 0 Å². The maximum Gasteiger partial charge on any atom is 0.264 e. The highest BCUT2D eigenvalue weighted by atomic mass is 32.2. The van der Waals surface area contributed by atoms with Crippen LogP contribution in [-0.4, -0.2) is 57.9 Å². The number of sulfonamides is 1. The minimum absolute atomic E-state index is 0.0959. The third-order valence-electron chi connectivity index (χ3n) is 5.39. The normalized spacial score (nSPS) is 16.6. The highest BCUT2D eigenvalue weighted by Gasteiger charge is 2.25. The quantitative estimate of drug-likeness (QED) is 0.644. The summed E-state index contributed by atoms with van der Waals surface area (Å²) in [5.74, 6) is -0.917. The molecule has 0 radical (unpaired) electrons. The number of likely N-dealkylation sites (N-methyl/N-ethyl adjacent to an activating group) is 1. The second kappa shape index (κ2) is 9.93. The number of nitrogens with zero attached hydrogens (tertiary/aromatic N) is 1. The van der Waals surface area contributed by atoms with Gasteiger partial charge in [-0.25, -0.2) is 13.1 Å². The zero-order chi connectivity index (χ0) is 22.4. The van der Waals surface area contributed by atoms with Gasteiger partial charge in [-0.3, -0.25) is 14.5 Å². The van der Waals surface area contributed by atoms with Crippen LogP contribution in [0.15, 0.2) is 53.4 Å². The fraction of sp³-hybridized carbons (Fsp3) is 0.364. The predicted octanol–water partition coefficient (Wildman–Crippen LogP) is 2.03. The van der Waals surface area contributed by atoms with E-state index >= 15 is 0 Å². The Hall–Kier alpha value is -2.91. The van der Waals surface area contributed by atoms with Gasteiger partial charge in [0.2, 0.25) is 0 Å². The molecule has 2 amide bonds. The maximum atomic E-state index is 12.8. The molecule has 31 heavy (non-hydrogen) atoms. The number of amides is 2. The van der Waals surface area contributed by atoms with E-state index in [1.807, 2.05) is 4.72 Å². The standard InChI is InChI=1S/C22H27N3O5S/c1-3-25-13-7-10-17(25)15-23-22(27)19-14-18(11-12-20(19)30-2)31(28,29)24-21(26)16-8-5-4-6-9-16/h4-6,8-9,11-12,14,17H,3,7,10,13,15H2,1-2H3,(H,23,27)(H,24,26). The predicted molar refractivity (Wildman–Crippen MR) is 117 cm³/mol. The fourth-order valence-corrected chi connectivity index (χ4v) is 4.71. The number of hydrogen-bond donors (Lipinski definition) is 2. The Bertz CT molecular complexity index is 1040. The summed E-state index contributed by atoms with van der Waals surface area (Å²) >= 11 is 0. The van der Waals surface area contributed by atoms with E-state index in [9.17, 15) is 18.0 Å². The van der Waals surface area contributed by atoms with Crippen LogP contribution in [0.3, 0.4) is 0 Å². The molecule has 1 saturated heterocycles. The second-order valence-electron chi connectivity index (χ2n) is 7.30. The molecule has 1 atom stereocenters. The Morgan fingerprint density at radius 2 is 1.87 bits per heavy atom. The van der Waals surface area contributed by atoms with Crippen LogP contribution in [0.4, 0.5) is 0 Å². The molecule has 0 aromatic heterocycles. The number of rotatable bonds is 8. The summed E-state index contributed by atoms with van der Waals surface area (Å²) in [7, 11) is -2.77. The zero-order valence-corrected chi connectivity index (χ0v) is 18.4. The van der Waals surface area contributed by atoms with Crippen molar-refractivity contribution in [2.45, 2.75) is 30.7 Å². The average Bonchev–Trinajstić information content (AvgIpc) is 3.25. The second-order valence-corrected chi connectivity index (χ2v) is 8.98. The molecule has 0 aliphatic carbocycles. The van der Waals surface area contributed by atoms with Crippen LogP contribution in [0, 0.1) is 0 Å². The van der Waals surface area contributed by atoms with Gasteiger partial charge in [0.05, 0.1) is 17.6 Å². The first-order chi connectivity index (χ1) is 14.9. The lowest BCUT2D eigenvalue weighted by molar-refractivity contribution is 0.0937. The summed E-state index contributed by atoms with van der Waals surface area (Å²) in [5.41, 5.74) is 0.313. The summed E-state index contributed by atoms with van der Waals surface area (Å²) in [5, 5.41) is 2.88. The molecule has 8 nitrogen and oxygen atoms in total. The van der Waals surface area contributed by atoms with E-state index in [0.717, 1.165) is 25.9 Å². The van der Waals surface area contributed by atoms with Crippen LogP contribution in [0.1, 0.15) is 40.5 Å². The van der Waals surface area contributed by atoms with Gasteiger partial charge in [0.1, 0.15) is 5.75 Å². The van der Waals surface area contributed by atoms with Crippen molar-refractivity contribution < 1.29 is 22.7 Å². The zero-order valence-electron chi connectivity index (χ0n) is 17.6. The smallest absolute Gasteiger partial charge is 0.264 e. The lowest BCUT2D eigenvalue weighted by atomic mass is 10.1. The number of nitrogens with one attached hydrogen (secondary N) is 2. The summed E-state index contributed by atoms with van der Waals surface area (Å²) < 4.78 is 32.7.